The van der Waals surface area contributed by atoms with Gasteiger partial charge in [0.05, 0.1) is 10.6 Å². The summed E-state index contributed by atoms with van der Waals surface area (Å²) in [5, 5.41) is 4.43. The molecule has 27 heavy (non-hydrogen) atoms. The van der Waals surface area contributed by atoms with E-state index in [4.69, 9.17) is 0 Å². The van der Waals surface area contributed by atoms with Crippen molar-refractivity contribution in [1.82, 2.24) is 0 Å². The van der Waals surface area contributed by atoms with Crippen molar-refractivity contribution in [3.63, 3.8) is 0 Å². The van der Waals surface area contributed by atoms with E-state index in [1.54, 1.807) is 29.6 Å². The third kappa shape index (κ3) is 3.35. The number of nitrogens with one attached hydrogen (secondary N) is 1. The highest BCUT2D eigenvalue weighted by Gasteiger charge is 2.34. The van der Waals surface area contributed by atoms with Crippen molar-refractivity contribution in [3.05, 3.63) is 74.4 Å². The molecule has 4 nitrogen and oxygen atoms in total. The van der Waals surface area contributed by atoms with Crippen molar-refractivity contribution >= 4 is 48.7 Å². The van der Waals surface area contributed by atoms with Gasteiger partial charge in [-0.15, -0.1) is 11.3 Å². The predicted octanol–water partition coefficient (Wildman–Crippen LogP) is 5.13. The first-order chi connectivity index (χ1) is 12.9. The lowest BCUT2D eigenvalue weighted by atomic mass is 9.91. The molecular weight excluding hydrogens is 446 g/mol. The zero-order chi connectivity index (χ0) is 19.2. The molecule has 1 N–H and O–H groups in total. The summed E-state index contributed by atoms with van der Waals surface area (Å²) in [5.41, 5.74) is 2.40. The van der Waals surface area contributed by atoms with E-state index in [9.17, 15) is 13.2 Å². The molecule has 0 saturated carbocycles. The van der Waals surface area contributed by atoms with Gasteiger partial charge in [-0.3, -0.25) is 4.79 Å². The number of fused-ring (bicyclic) bond motifs is 1. The zero-order valence-corrected chi connectivity index (χ0v) is 17.6. The quantitative estimate of drug-likeness (QED) is 0.587. The van der Waals surface area contributed by atoms with Crippen LogP contribution in [0.2, 0.25) is 0 Å². The second-order valence-electron chi connectivity index (χ2n) is 6.52. The van der Waals surface area contributed by atoms with Crippen LogP contribution < -0.4 is 5.32 Å². The minimum absolute atomic E-state index is 0.154. The van der Waals surface area contributed by atoms with Gasteiger partial charge >= 0.3 is 0 Å². The Labute approximate surface area is 170 Å². The maximum Gasteiger partial charge on any atom is 0.225 e. The van der Waals surface area contributed by atoms with E-state index in [-0.39, 0.29) is 21.6 Å². The largest absolute Gasteiger partial charge is 0.324 e. The van der Waals surface area contributed by atoms with Gasteiger partial charge < -0.3 is 5.32 Å². The molecule has 1 atom stereocenters. The van der Waals surface area contributed by atoms with Crippen LogP contribution in [0, 0.1) is 6.92 Å². The summed E-state index contributed by atoms with van der Waals surface area (Å²) >= 11 is 4.84. The zero-order valence-electron chi connectivity index (χ0n) is 14.4. The Morgan fingerprint density at radius 2 is 1.89 bits per heavy atom. The molecule has 0 fully saturated rings. The average molecular weight is 462 g/mol. The third-order valence-electron chi connectivity index (χ3n) is 4.63. The number of halogens is 1. The second kappa shape index (κ2) is 6.89. The van der Waals surface area contributed by atoms with Crippen LogP contribution in [0.5, 0.6) is 0 Å². The number of sulfone groups is 1. The molecule has 1 aliphatic heterocycles. The minimum Gasteiger partial charge on any atom is -0.324 e. The number of anilines is 1. The molecule has 138 valence electrons. The normalized spacial score (nSPS) is 16.7. The summed E-state index contributed by atoms with van der Waals surface area (Å²) in [4.78, 5) is 13.6. The number of hydrogen-bond acceptors (Lipinski definition) is 4. The Morgan fingerprint density at radius 3 is 2.59 bits per heavy atom. The highest BCUT2D eigenvalue weighted by Crippen LogP contribution is 2.46. The molecule has 0 saturated heterocycles. The van der Waals surface area contributed by atoms with Crippen LogP contribution in [0.25, 0.3) is 0 Å². The average Bonchev–Trinajstić information content (AvgIpc) is 3.06. The summed E-state index contributed by atoms with van der Waals surface area (Å²) in [5.74, 6) is -0.329. The number of carbonyl (C=O) groups is 1. The fourth-order valence-corrected chi connectivity index (χ4v) is 6.56. The van der Waals surface area contributed by atoms with E-state index in [1.807, 2.05) is 31.2 Å². The fraction of sp³-hybridized carbons (Fsp3) is 0.150. The molecule has 1 unspecified atom stereocenters. The topological polar surface area (TPSA) is 63.2 Å². The number of rotatable bonds is 3. The van der Waals surface area contributed by atoms with E-state index in [0.29, 0.717) is 12.1 Å². The molecule has 0 aliphatic carbocycles. The molecule has 1 aliphatic rings. The van der Waals surface area contributed by atoms with Crippen LogP contribution in [-0.2, 0) is 14.6 Å². The summed E-state index contributed by atoms with van der Waals surface area (Å²) in [6.45, 7) is 1.91. The van der Waals surface area contributed by atoms with Gasteiger partial charge in [-0.2, -0.15) is 0 Å². The van der Waals surface area contributed by atoms with Crippen LogP contribution in [0.15, 0.2) is 68.2 Å². The van der Waals surface area contributed by atoms with Crippen molar-refractivity contribution in [2.75, 3.05) is 5.32 Å². The summed E-state index contributed by atoms with van der Waals surface area (Å²) < 4.78 is 27.2. The summed E-state index contributed by atoms with van der Waals surface area (Å²) in [7, 11) is -3.70. The molecule has 2 aromatic carbocycles. The Hall–Kier alpha value is -1.96. The predicted molar refractivity (Wildman–Crippen MR) is 110 cm³/mol. The van der Waals surface area contributed by atoms with Gasteiger partial charge in [0.1, 0.15) is 4.90 Å². The van der Waals surface area contributed by atoms with Gasteiger partial charge in [0.15, 0.2) is 0 Å². The van der Waals surface area contributed by atoms with Gasteiger partial charge in [-0.1, -0.05) is 45.8 Å². The van der Waals surface area contributed by atoms with Crippen molar-refractivity contribution in [3.8, 4) is 0 Å². The lowest BCUT2D eigenvalue weighted by Gasteiger charge is -2.24. The number of benzene rings is 2. The van der Waals surface area contributed by atoms with Crippen LogP contribution in [0.1, 0.15) is 28.3 Å². The number of hydrogen-bond donors (Lipinski definition) is 1. The maximum atomic E-state index is 13.1. The first-order valence-corrected chi connectivity index (χ1v) is 11.5. The Balaban J connectivity index is 1.83. The molecule has 0 radical (unpaired) electrons. The van der Waals surface area contributed by atoms with Crippen LogP contribution >= 0.6 is 27.3 Å². The molecule has 3 aromatic rings. The van der Waals surface area contributed by atoms with Crippen molar-refractivity contribution < 1.29 is 13.2 Å². The van der Waals surface area contributed by atoms with Gasteiger partial charge in [-0.25, -0.2) is 8.42 Å². The second-order valence-corrected chi connectivity index (χ2v) is 10.3. The van der Waals surface area contributed by atoms with Gasteiger partial charge in [0.2, 0.25) is 15.7 Å². The molecule has 0 bridgehead atoms. The SMILES string of the molecule is Cc1ccc(S(=O)(=O)c2csc3c2NC(=O)CC3c2cccc(Br)c2)cc1. The monoisotopic (exact) mass is 461 g/mol. The smallest absolute Gasteiger partial charge is 0.225 e. The minimum atomic E-state index is -3.70. The third-order valence-corrected chi connectivity index (χ3v) is 8.16. The lowest BCUT2D eigenvalue weighted by molar-refractivity contribution is -0.116. The van der Waals surface area contributed by atoms with Crippen molar-refractivity contribution in [1.29, 1.82) is 0 Å². The molecule has 2 heterocycles. The van der Waals surface area contributed by atoms with E-state index >= 15 is 0 Å². The number of aryl methyl sites for hydroxylation is 1. The molecule has 1 aromatic heterocycles. The standard InChI is InChI=1S/C20H16BrNO3S2/c1-12-5-7-15(8-6-12)27(24,25)17-11-26-20-16(10-18(23)22-19(17)20)13-3-2-4-14(21)9-13/h2-9,11,16H,10H2,1H3,(H,22,23). The summed E-state index contributed by atoms with van der Waals surface area (Å²) in [6.07, 6.45) is 0.300. The lowest BCUT2D eigenvalue weighted by Crippen LogP contribution is -2.23. The first kappa shape index (κ1) is 18.4. The molecular formula is C20H16BrNO3S2. The van der Waals surface area contributed by atoms with E-state index < -0.39 is 9.84 Å². The van der Waals surface area contributed by atoms with Crippen LogP contribution in [0.4, 0.5) is 5.69 Å². The van der Waals surface area contributed by atoms with Crippen molar-refractivity contribution in [2.24, 2.45) is 0 Å². The van der Waals surface area contributed by atoms with Gasteiger partial charge in [0.25, 0.3) is 0 Å². The van der Waals surface area contributed by atoms with Crippen LogP contribution in [-0.4, -0.2) is 14.3 Å². The number of amides is 1. The molecule has 7 heteroatoms. The van der Waals surface area contributed by atoms with Crippen LogP contribution in [0.3, 0.4) is 0 Å². The Morgan fingerprint density at radius 1 is 1.15 bits per heavy atom. The Bertz CT molecular complexity index is 1130. The number of thiophene rings is 1. The maximum absolute atomic E-state index is 13.1. The first-order valence-electron chi connectivity index (χ1n) is 8.35. The molecule has 4 rings (SSSR count). The van der Waals surface area contributed by atoms with E-state index in [1.165, 1.54) is 11.3 Å². The highest BCUT2D eigenvalue weighted by molar-refractivity contribution is 9.10. The van der Waals surface area contributed by atoms with E-state index in [2.05, 4.69) is 21.2 Å². The number of carbonyl (C=O) groups excluding carboxylic acids is 1. The van der Waals surface area contributed by atoms with Crippen molar-refractivity contribution in [2.45, 2.75) is 29.1 Å². The summed E-state index contributed by atoms with van der Waals surface area (Å²) in [6, 6.07) is 14.5. The molecule has 1 amide bonds. The fourth-order valence-electron chi connectivity index (χ4n) is 3.24. The van der Waals surface area contributed by atoms with E-state index in [0.717, 1.165) is 20.5 Å². The highest BCUT2D eigenvalue weighted by atomic mass is 79.9. The van der Waals surface area contributed by atoms with Gasteiger partial charge in [0, 0.05) is 27.1 Å². The Kier molecular flexibility index (Phi) is 4.70. The molecule has 0 spiro atoms. The van der Waals surface area contributed by atoms with Gasteiger partial charge in [-0.05, 0) is 36.8 Å².